The van der Waals surface area contributed by atoms with E-state index in [9.17, 15) is 0 Å². The van der Waals surface area contributed by atoms with Gasteiger partial charge in [-0.25, -0.2) is 0 Å². The lowest BCUT2D eigenvalue weighted by Gasteiger charge is -2.27. The van der Waals surface area contributed by atoms with E-state index in [1.807, 2.05) is 6.07 Å². The molecule has 0 atom stereocenters. The second-order valence-electron chi connectivity index (χ2n) is 6.54. The number of benzene rings is 1. The first kappa shape index (κ1) is 15.8. The van der Waals surface area contributed by atoms with E-state index in [2.05, 4.69) is 28.8 Å². The quantitative estimate of drug-likeness (QED) is 0.814. The number of halogens is 1. The molecule has 1 aromatic carbocycles. The van der Waals surface area contributed by atoms with Gasteiger partial charge < -0.3 is 15.4 Å². The predicted octanol–water partition coefficient (Wildman–Crippen LogP) is 3.81. The molecule has 4 rings (SSSR count). The average molecular weight is 343 g/mol. The summed E-state index contributed by atoms with van der Waals surface area (Å²) in [4.78, 5) is 0. The van der Waals surface area contributed by atoms with Gasteiger partial charge in [0.15, 0.2) is 0 Å². The van der Waals surface area contributed by atoms with Gasteiger partial charge in [0.25, 0.3) is 0 Å². The standard InChI is InChI=1S/C20H23ClN2O/c1-24-18-8-11-23-20-17(18)4-2-14-12-15(21)3-5-16(14)19(20)13-6-9-22-10-7-13/h3,5,8,12,22-23H,2,4,6-7,9-11H2,1H3. The van der Waals surface area contributed by atoms with Crippen molar-refractivity contribution < 1.29 is 4.74 Å². The third-order valence-electron chi connectivity index (χ3n) is 5.18. The molecule has 0 aromatic heterocycles. The molecular formula is C20H23ClN2O. The molecule has 3 aliphatic rings. The summed E-state index contributed by atoms with van der Waals surface area (Å²) < 4.78 is 5.68. The molecule has 24 heavy (non-hydrogen) atoms. The van der Waals surface area contributed by atoms with Gasteiger partial charge in [-0.1, -0.05) is 23.2 Å². The van der Waals surface area contributed by atoms with Gasteiger partial charge in [-0.15, -0.1) is 0 Å². The highest BCUT2D eigenvalue weighted by atomic mass is 35.5. The molecule has 0 amide bonds. The maximum absolute atomic E-state index is 6.28. The van der Waals surface area contributed by atoms with E-state index in [-0.39, 0.29) is 0 Å². The topological polar surface area (TPSA) is 33.3 Å². The highest BCUT2D eigenvalue weighted by molar-refractivity contribution is 6.30. The van der Waals surface area contributed by atoms with Crippen molar-refractivity contribution in [3.8, 4) is 0 Å². The van der Waals surface area contributed by atoms with Crippen LogP contribution in [0.25, 0.3) is 5.57 Å². The van der Waals surface area contributed by atoms with E-state index >= 15 is 0 Å². The Balaban J connectivity index is 1.93. The zero-order chi connectivity index (χ0) is 16.5. The van der Waals surface area contributed by atoms with Crippen molar-refractivity contribution in [2.24, 2.45) is 0 Å². The second kappa shape index (κ2) is 6.66. The lowest BCUT2D eigenvalue weighted by Crippen LogP contribution is -2.27. The first-order valence-corrected chi connectivity index (χ1v) is 9.09. The third-order valence-corrected chi connectivity index (χ3v) is 5.41. The van der Waals surface area contributed by atoms with Crippen LogP contribution < -0.4 is 10.6 Å². The fourth-order valence-electron chi connectivity index (χ4n) is 4.05. The second-order valence-corrected chi connectivity index (χ2v) is 6.97. The van der Waals surface area contributed by atoms with E-state index in [1.165, 1.54) is 33.5 Å². The van der Waals surface area contributed by atoms with Crippen molar-refractivity contribution in [3.63, 3.8) is 0 Å². The monoisotopic (exact) mass is 342 g/mol. The van der Waals surface area contributed by atoms with Crippen LogP contribution in [0.4, 0.5) is 0 Å². The third kappa shape index (κ3) is 2.76. The number of fused-ring (bicyclic) bond motifs is 1. The highest BCUT2D eigenvalue weighted by Crippen LogP contribution is 2.41. The summed E-state index contributed by atoms with van der Waals surface area (Å²) in [5.74, 6) is 1.02. The molecule has 1 saturated heterocycles. The summed E-state index contributed by atoms with van der Waals surface area (Å²) in [5, 5.41) is 7.93. The lowest BCUT2D eigenvalue weighted by atomic mass is 9.88. The minimum atomic E-state index is 0.818. The Morgan fingerprint density at radius 3 is 2.71 bits per heavy atom. The smallest absolute Gasteiger partial charge is 0.121 e. The zero-order valence-electron chi connectivity index (χ0n) is 14.0. The maximum Gasteiger partial charge on any atom is 0.121 e. The molecular weight excluding hydrogens is 320 g/mol. The lowest BCUT2D eigenvalue weighted by molar-refractivity contribution is 0.294. The van der Waals surface area contributed by atoms with Crippen LogP contribution in [0.15, 0.2) is 46.9 Å². The van der Waals surface area contributed by atoms with Crippen molar-refractivity contribution in [2.75, 3.05) is 26.7 Å². The van der Waals surface area contributed by atoms with Gasteiger partial charge in [0.1, 0.15) is 5.76 Å². The van der Waals surface area contributed by atoms with Crippen molar-refractivity contribution in [2.45, 2.75) is 25.7 Å². The Labute approximate surface area is 148 Å². The normalized spacial score (nSPS) is 20.7. The SMILES string of the molecule is COC1=CCNC2=C1CCc1cc(Cl)ccc1C2=C1CCNCC1. The van der Waals surface area contributed by atoms with Gasteiger partial charge in [0.05, 0.1) is 7.11 Å². The fourth-order valence-corrected chi connectivity index (χ4v) is 4.24. The molecule has 0 radical (unpaired) electrons. The Hall–Kier alpha value is -1.71. The number of hydrogen-bond donors (Lipinski definition) is 2. The minimum absolute atomic E-state index is 0.818. The first-order chi connectivity index (χ1) is 11.8. The van der Waals surface area contributed by atoms with Crippen LogP contribution in [0.3, 0.4) is 0 Å². The molecule has 2 aliphatic heterocycles. The minimum Gasteiger partial charge on any atom is -0.497 e. The zero-order valence-corrected chi connectivity index (χ0v) is 14.8. The van der Waals surface area contributed by atoms with Crippen molar-refractivity contribution in [3.05, 3.63) is 63.0 Å². The number of dihydropyridines is 1. The number of nitrogens with one attached hydrogen (secondary N) is 2. The summed E-state index contributed by atoms with van der Waals surface area (Å²) in [5.41, 5.74) is 8.18. The van der Waals surface area contributed by atoms with E-state index < -0.39 is 0 Å². The van der Waals surface area contributed by atoms with Gasteiger partial charge in [-0.05, 0) is 68.1 Å². The number of rotatable bonds is 1. The molecule has 0 spiro atoms. The average Bonchev–Trinajstić information content (AvgIpc) is 2.78. The molecule has 2 heterocycles. The summed E-state index contributed by atoms with van der Waals surface area (Å²) in [7, 11) is 1.77. The molecule has 2 N–H and O–H groups in total. The number of hydrogen-bond acceptors (Lipinski definition) is 3. The summed E-state index contributed by atoms with van der Waals surface area (Å²) >= 11 is 6.28. The van der Waals surface area contributed by atoms with Crippen LogP contribution in [-0.2, 0) is 11.2 Å². The number of piperidine rings is 1. The van der Waals surface area contributed by atoms with E-state index in [0.717, 1.165) is 56.1 Å². The van der Waals surface area contributed by atoms with E-state index in [4.69, 9.17) is 16.3 Å². The Bertz CT molecular complexity index is 753. The van der Waals surface area contributed by atoms with Crippen LogP contribution in [0, 0.1) is 0 Å². The van der Waals surface area contributed by atoms with E-state index in [0.29, 0.717) is 0 Å². The Morgan fingerprint density at radius 2 is 1.92 bits per heavy atom. The highest BCUT2D eigenvalue weighted by Gasteiger charge is 2.27. The molecule has 4 heteroatoms. The largest absolute Gasteiger partial charge is 0.497 e. The van der Waals surface area contributed by atoms with Gasteiger partial charge >= 0.3 is 0 Å². The van der Waals surface area contributed by atoms with Gasteiger partial charge in [0, 0.05) is 28.4 Å². The van der Waals surface area contributed by atoms with E-state index in [1.54, 1.807) is 7.11 Å². The predicted molar refractivity (Wildman–Crippen MR) is 98.9 cm³/mol. The summed E-state index contributed by atoms with van der Waals surface area (Å²) in [6.07, 6.45) is 6.31. The molecule has 0 saturated carbocycles. The molecule has 126 valence electrons. The van der Waals surface area contributed by atoms with Gasteiger partial charge in [-0.3, -0.25) is 0 Å². The van der Waals surface area contributed by atoms with Gasteiger partial charge in [-0.2, -0.15) is 0 Å². The Morgan fingerprint density at radius 1 is 1.08 bits per heavy atom. The van der Waals surface area contributed by atoms with Crippen molar-refractivity contribution >= 4 is 17.2 Å². The van der Waals surface area contributed by atoms with Crippen LogP contribution in [0.2, 0.25) is 5.02 Å². The number of aryl methyl sites for hydroxylation is 1. The van der Waals surface area contributed by atoms with Crippen molar-refractivity contribution in [1.82, 2.24) is 10.6 Å². The molecule has 1 aromatic rings. The van der Waals surface area contributed by atoms with Crippen molar-refractivity contribution in [1.29, 1.82) is 0 Å². The molecule has 0 bridgehead atoms. The molecule has 1 fully saturated rings. The summed E-state index contributed by atoms with van der Waals surface area (Å²) in [6.45, 7) is 2.93. The first-order valence-electron chi connectivity index (χ1n) is 8.71. The van der Waals surface area contributed by atoms with Crippen LogP contribution in [0.1, 0.15) is 30.4 Å². The number of ether oxygens (including phenoxy) is 1. The Kier molecular flexibility index (Phi) is 4.38. The van der Waals surface area contributed by atoms with Crippen LogP contribution >= 0.6 is 11.6 Å². The van der Waals surface area contributed by atoms with Gasteiger partial charge in [0.2, 0.25) is 0 Å². The molecule has 0 unspecified atom stereocenters. The maximum atomic E-state index is 6.28. The molecule has 1 aliphatic carbocycles. The number of methoxy groups -OCH3 is 1. The number of allylic oxidation sites excluding steroid dienone is 2. The summed E-state index contributed by atoms with van der Waals surface area (Å²) in [6, 6.07) is 6.35. The fraction of sp³-hybridized carbons (Fsp3) is 0.400. The van der Waals surface area contributed by atoms with Crippen LogP contribution in [0.5, 0.6) is 0 Å². The van der Waals surface area contributed by atoms with Crippen LogP contribution in [-0.4, -0.2) is 26.7 Å². The molecule has 3 nitrogen and oxygen atoms in total.